The van der Waals surface area contributed by atoms with E-state index in [1.54, 1.807) is 38.5 Å². The first-order chi connectivity index (χ1) is 21.2. The van der Waals surface area contributed by atoms with Gasteiger partial charge in [0.05, 0.1) is 27.2 Å². The van der Waals surface area contributed by atoms with Crippen molar-refractivity contribution in [2.75, 3.05) is 41.0 Å². The molecule has 1 aliphatic rings. The van der Waals surface area contributed by atoms with Gasteiger partial charge in [-0.05, 0) is 106 Å². The highest BCUT2D eigenvalue weighted by atomic mass is 32.2. The Balaban J connectivity index is 1.43. The van der Waals surface area contributed by atoms with Crippen molar-refractivity contribution < 1.29 is 42.2 Å². The molecule has 10 nitrogen and oxygen atoms in total. The van der Waals surface area contributed by atoms with Crippen LogP contribution in [0.5, 0.6) is 23.0 Å². The lowest BCUT2D eigenvalue weighted by molar-refractivity contribution is 0.0508. The quantitative estimate of drug-likeness (QED) is 0.152. The molecule has 1 aliphatic heterocycles. The minimum Gasteiger partial charge on any atom is -0.494 e. The van der Waals surface area contributed by atoms with Gasteiger partial charge in [-0.15, -0.1) is 0 Å². The Morgan fingerprint density at radius 1 is 0.773 bits per heavy atom. The number of carbonyl (C=O) groups is 1. The summed E-state index contributed by atoms with van der Waals surface area (Å²) in [5.74, 6) is 2.92. The number of methoxy groups -OCH3 is 2. The zero-order valence-electron chi connectivity index (χ0n) is 25.7. The molecule has 0 fully saturated rings. The molecule has 1 heterocycles. The predicted molar refractivity (Wildman–Crippen MR) is 167 cm³/mol. The summed E-state index contributed by atoms with van der Waals surface area (Å²) in [7, 11) is 1.57. The number of hydrogen-bond donors (Lipinski definition) is 1. The normalized spacial score (nSPS) is 14.2. The van der Waals surface area contributed by atoms with Crippen LogP contribution in [-0.2, 0) is 25.0 Å². The summed E-state index contributed by atoms with van der Waals surface area (Å²) < 4.78 is 52.4. The Bertz CT molecular complexity index is 1450. The Morgan fingerprint density at radius 2 is 1.36 bits per heavy atom. The molecule has 0 spiro atoms. The van der Waals surface area contributed by atoms with Gasteiger partial charge in [0.2, 0.25) is 0 Å². The minimum absolute atomic E-state index is 0.0788. The summed E-state index contributed by atoms with van der Waals surface area (Å²) in [5, 5.41) is 2.74. The van der Waals surface area contributed by atoms with Gasteiger partial charge in [0.15, 0.2) is 19.3 Å². The fraction of sp³-hybridized carbons (Fsp3) is 0.364. The van der Waals surface area contributed by atoms with Crippen LogP contribution in [0, 0.1) is 0 Å². The summed E-state index contributed by atoms with van der Waals surface area (Å²) >= 11 is 0. The SMILES string of the molecule is COCOc1ccc(C2=C(Oc3ccc(OCCCCNC(=O)OC(C)(C)C)cc3)c3ccc(OCOC)cc3S2=O)cc1. The maximum Gasteiger partial charge on any atom is 0.407 e. The Morgan fingerprint density at radius 3 is 2.02 bits per heavy atom. The maximum absolute atomic E-state index is 13.8. The first-order valence-corrected chi connectivity index (χ1v) is 15.4. The van der Waals surface area contributed by atoms with Crippen molar-refractivity contribution >= 4 is 27.6 Å². The lowest BCUT2D eigenvalue weighted by Gasteiger charge is -2.19. The molecule has 1 amide bonds. The third-order valence-corrected chi connectivity index (χ3v) is 7.67. The molecule has 1 N–H and O–H groups in total. The summed E-state index contributed by atoms with van der Waals surface area (Å²) in [6.07, 6.45) is 1.10. The number of hydrogen-bond acceptors (Lipinski definition) is 9. The number of ether oxygens (including phenoxy) is 7. The van der Waals surface area contributed by atoms with Crippen molar-refractivity contribution in [3.8, 4) is 23.0 Å². The van der Waals surface area contributed by atoms with Crippen molar-refractivity contribution in [1.29, 1.82) is 0 Å². The second-order valence-electron chi connectivity index (χ2n) is 10.8. The third-order valence-electron chi connectivity index (χ3n) is 6.14. The van der Waals surface area contributed by atoms with E-state index in [2.05, 4.69) is 5.32 Å². The van der Waals surface area contributed by atoms with Crippen LogP contribution in [-0.4, -0.2) is 56.9 Å². The number of carbonyl (C=O) groups excluding carboxylic acids is 1. The second-order valence-corrected chi connectivity index (χ2v) is 12.2. The van der Waals surface area contributed by atoms with Crippen LogP contribution >= 0.6 is 0 Å². The average molecular weight is 626 g/mol. The first kappa shape index (κ1) is 32.8. The maximum atomic E-state index is 13.8. The Kier molecular flexibility index (Phi) is 11.6. The van der Waals surface area contributed by atoms with Crippen LogP contribution in [0.15, 0.2) is 71.6 Å². The lowest BCUT2D eigenvalue weighted by atomic mass is 10.1. The number of unbranched alkanes of at least 4 members (excludes halogenated alkanes) is 1. The highest BCUT2D eigenvalue weighted by Crippen LogP contribution is 2.44. The van der Waals surface area contributed by atoms with Crippen LogP contribution in [0.3, 0.4) is 0 Å². The molecular formula is C33H39NO9S. The van der Waals surface area contributed by atoms with E-state index >= 15 is 0 Å². The van der Waals surface area contributed by atoms with Crippen LogP contribution in [0.4, 0.5) is 4.79 Å². The van der Waals surface area contributed by atoms with E-state index < -0.39 is 22.5 Å². The van der Waals surface area contributed by atoms with E-state index in [1.165, 1.54) is 0 Å². The van der Waals surface area contributed by atoms with E-state index in [0.717, 1.165) is 18.4 Å². The zero-order chi connectivity index (χ0) is 31.5. The molecule has 3 aromatic rings. The van der Waals surface area contributed by atoms with E-state index in [1.807, 2.05) is 63.2 Å². The molecule has 0 saturated carbocycles. The van der Waals surface area contributed by atoms with Gasteiger partial charge >= 0.3 is 6.09 Å². The molecule has 0 radical (unpaired) electrons. The molecule has 44 heavy (non-hydrogen) atoms. The predicted octanol–water partition coefficient (Wildman–Crippen LogP) is 6.36. The summed E-state index contributed by atoms with van der Waals surface area (Å²) in [6.45, 7) is 6.70. The van der Waals surface area contributed by atoms with E-state index in [9.17, 15) is 9.00 Å². The topological polar surface area (TPSA) is 111 Å². The highest BCUT2D eigenvalue weighted by Gasteiger charge is 2.32. The van der Waals surface area contributed by atoms with Gasteiger partial charge in [0.1, 0.15) is 28.6 Å². The monoisotopic (exact) mass is 625 g/mol. The number of alkyl carbamates (subject to hydrolysis) is 1. The largest absolute Gasteiger partial charge is 0.494 e. The van der Waals surface area contributed by atoms with Gasteiger partial charge < -0.3 is 38.5 Å². The van der Waals surface area contributed by atoms with Crippen molar-refractivity contribution in [3.05, 3.63) is 77.9 Å². The number of nitrogens with one attached hydrogen (secondary N) is 1. The van der Waals surface area contributed by atoms with Crippen molar-refractivity contribution in [2.45, 2.75) is 44.1 Å². The molecule has 0 aromatic heterocycles. The molecule has 1 atom stereocenters. The second kappa shape index (κ2) is 15.6. The summed E-state index contributed by atoms with van der Waals surface area (Å²) in [4.78, 5) is 12.9. The lowest BCUT2D eigenvalue weighted by Crippen LogP contribution is -2.33. The number of rotatable bonds is 15. The minimum atomic E-state index is -1.53. The molecule has 11 heteroatoms. The molecule has 236 valence electrons. The fourth-order valence-electron chi connectivity index (χ4n) is 4.19. The van der Waals surface area contributed by atoms with Crippen molar-refractivity contribution in [2.24, 2.45) is 0 Å². The molecule has 0 saturated heterocycles. The van der Waals surface area contributed by atoms with Crippen LogP contribution in [0.2, 0.25) is 0 Å². The molecule has 3 aromatic carbocycles. The smallest absolute Gasteiger partial charge is 0.407 e. The molecule has 1 unspecified atom stereocenters. The van der Waals surface area contributed by atoms with Gasteiger partial charge in [0.25, 0.3) is 0 Å². The highest BCUT2D eigenvalue weighted by molar-refractivity contribution is 7.95. The summed E-state index contributed by atoms with van der Waals surface area (Å²) in [5.41, 5.74) is 0.926. The number of amides is 1. The van der Waals surface area contributed by atoms with Crippen molar-refractivity contribution in [3.63, 3.8) is 0 Å². The standard InChI is InChI=1S/C33H39NO9S/c1-33(2,3)43-32(35)34-18-6-7-19-39-24-12-14-26(15-13-24)42-30-28-17-16-27(41-22-38-5)20-29(28)44(36)31(30)23-8-10-25(11-9-23)40-21-37-4/h8-17,20H,6-7,18-19,21-22H2,1-5H3,(H,34,35). The number of fused-ring (bicyclic) bond motifs is 1. The Hall–Kier alpha value is -4.06. The van der Waals surface area contributed by atoms with Crippen LogP contribution in [0.1, 0.15) is 44.7 Å². The Labute approximate surface area is 260 Å². The van der Waals surface area contributed by atoms with Gasteiger partial charge in [-0.1, -0.05) is 0 Å². The van der Waals surface area contributed by atoms with Crippen LogP contribution in [0.25, 0.3) is 10.7 Å². The van der Waals surface area contributed by atoms with E-state index in [0.29, 0.717) is 57.3 Å². The zero-order valence-corrected chi connectivity index (χ0v) is 26.5. The van der Waals surface area contributed by atoms with Gasteiger partial charge in [-0.3, -0.25) is 0 Å². The summed E-state index contributed by atoms with van der Waals surface area (Å²) in [6, 6.07) is 19.9. The third kappa shape index (κ3) is 9.22. The molecular weight excluding hydrogens is 586 g/mol. The van der Waals surface area contributed by atoms with Crippen LogP contribution < -0.4 is 24.3 Å². The van der Waals surface area contributed by atoms with Crippen molar-refractivity contribution in [1.82, 2.24) is 5.32 Å². The van der Waals surface area contributed by atoms with Gasteiger partial charge in [-0.2, -0.15) is 0 Å². The van der Waals surface area contributed by atoms with E-state index in [-0.39, 0.29) is 13.6 Å². The van der Waals surface area contributed by atoms with Gasteiger partial charge in [-0.25, -0.2) is 9.00 Å². The molecule has 4 rings (SSSR count). The first-order valence-electron chi connectivity index (χ1n) is 14.2. The molecule has 0 bridgehead atoms. The molecule has 0 aliphatic carbocycles. The number of benzene rings is 3. The van der Waals surface area contributed by atoms with Gasteiger partial charge in [0, 0.05) is 26.3 Å². The fourth-order valence-corrected chi connectivity index (χ4v) is 5.66. The average Bonchev–Trinajstić information content (AvgIpc) is 3.27. The van der Waals surface area contributed by atoms with E-state index in [4.69, 9.17) is 33.2 Å².